The maximum Gasteiger partial charge on any atom is 0.149 e. The molecule has 0 radical (unpaired) electrons. The fourth-order valence-electron chi connectivity index (χ4n) is 1.61. The van der Waals surface area contributed by atoms with Gasteiger partial charge >= 0.3 is 0 Å². The monoisotopic (exact) mass is 134 g/mol. The normalized spacial score (nSPS) is 29.4. The van der Waals surface area contributed by atoms with E-state index in [9.17, 15) is 4.79 Å². The van der Waals surface area contributed by atoms with Crippen molar-refractivity contribution >= 4 is 6.29 Å². The molecule has 0 bridgehead atoms. The van der Waals surface area contributed by atoms with E-state index in [0.29, 0.717) is 0 Å². The van der Waals surface area contributed by atoms with Gasteiger partial charge in [0.25, 0.3) is 0 Å². The van der Waals surface area contributed by atoms with Crippen molar-refractivity contribution in [2.75, 3.05) is 0 Å². The van der Waals surface area contributed by atoms with E-state index in [1.807, 2.05) is 12.2 Å². The SMILES string of the molecule is O=CC1=CCC2CCC2=C1. The number of fused-ring (bicyclic) bond motifs is 1. The quantitative estimate of drug-likeness (QED) is 0.500. The zero-order valence-corrected chi connectivity index (χ0v) is 5.84. The highest BCUT2D eigenvalue weighted by Crippen LogP contribution is 2.39. The number of hydrogen-bond donors (Lipinski definition) is 0. The summed E-state index contributed by atoms with van der Waals surface area (Å²) in [6.07, 6.45) is 8.68. The third kappa shape index (κ3) is 0.737. The van der Waals surface area contributed by atoms with Crippen LogP contribution in [0.5, 0.6) is 0 Å². The first kappa shape index (κ1) is 5.90. The van der Waals surface area contributed by atoms with Crippen LogP contribution in [0.1, 0.15) is 19.3 Å². The van der Waals surface area contributed by atoms with Crippen LogP contribution in [0.2, 0.25) is 0 Å². The summed E-state index contributed by atoms with van der Waals surface area (Å²) in [5, 5.41) is 0. The second-order valence-corrected chi connectivity index (χ2v) is 3.01. The van der Waals surface area contributed by atoms with Gasteiger partial charge < -0.3 is 0 Å². The van der Waals surface area contributed by atoms with Gasteiger partial charge in [0.05, 0.1) is 0 Å². The maximum atomic E-state index is 10.3. The van der Waals surface area contributed by atoms with Crippen LogP contribution in [0, 0.1) is 5.92 Å². The van der Waals surface area contributed by atoms with Gasteiger partial charge in [-0.25, -0.2) is 0 Å². The number of carbonyl (C=O) groups excluding carboxylic acids is 1. The fourth-order valence-corrected chi connectivity index (χ4v) is 1.61. The highest BCUT2D eigenvalue weighted by atomic mass is 16.1. The molecule has 0 aliphatic heterocycles. The molecule has 1 unspecified atom stereocenters. The summed E-state index contributed by atoms with van der Waals surface area (Å²) in [5.74, 6) is 0.795. The number of rotatable bonds is 1. The van der Waals surface area contributed by atoms with E-state index < -0.39 is 0 Å². The molecule has 0 aromatic carbocycles. The lowest BCUT2D eigenvalue weighted by atomic mass is 9.74. The first-order valence-electron chi connectivity index (χ1n) is 3.76. The Hall–Kier alpha value is -0.850. The zero-order valence-electron chi connectivity index (χ0n) is 5.84. The van der Waals surface area contributed by atoms with Crippen molar-refractivity contribution in [2.45, 2.75) is 19.3 Å². The van der Waals surface area contributed by atoms with Gasteiger partial charge in [-0.05, 0) is 25.2 Å². The Kier molecular flexibility index (Phi) is 1.23. The van der Waals surface area contributed by atoms with Crippen LogP contribution >= 0.6 is 0 Å². The van der Waals surface area contributed by atoms with Crippen molar-refractivity contribution in [1.29, 1.82) is 0 Å². The van der Waals surface area contributed by atoms with Gasteiger partial charge in [0, 0.05) is 5.57 Å². The largest absolute Gasteiger partial charge is 0.298 e. The van der Waals surface area contributed by atoms with Crippen molar-refractivity contribution < 1.29 is 4.79 Å². The van der Waals surface area contributed by atoms with E-state index in [4.69, 9.17) is 0 Å². The summed E-state index contributed by atoms with van der Waals surface area (Å²) in [4.78, 5) is 10.3. The van der Waals surface area contributed by atoms with Crippen LogP contribution in [0.15, 0.2) is 23.3 Å². The first-order valence-corrected chi connectivity index (χ1v) is 3.76. The van der Waals surface area contributed by atoms with Gasteiger partial charge in [-0.15, -0.1) is 0 Å². The Balaban J connectivity index is 2.22. The highest BCUT2D eigenvalue weighted by Gasteiger charge is 2.25. The molecule has 1 nitrogen and oxygen atoms in total. The van der Waals surface area contributed by atoms with Gasteiger partial charge in [0.1, 0.15) is 6.29 Å². The van der Waals surface area contributed by atoms with E-state index >= 15 is 0 Å². The third-order valence-electron chi connectivity index (χ3n) is 2.43. The topological polar surface area (TPSA) is 17.1 Å². The van der Waals surface area contributed by atoms with Crippen LogP contribution in [0.3, 0.4) is 0 Å². The Labute approximate surface area is 60.4 Å². The summed E-state index contributed by atoms with van der Waals surface area (Å²) in [5.41, 5.74) is 2.37. The average Bonchev–Trinajstić information content (AvgIpc) is 1.92. The Morgan fingerprint density at radius 3 is 3.00 bits per heavy atom. The molecule has 0 N–H and O–H groups in total. The van der Waals surface area contributed by atoms with E-state index in [2.05, 4.69) is 0 Å². The summed E-state index contributed by atoms with van der Waals surface area (Å²) in [6.45, 7) is 0. The predicted octanol–water partition coefficient (Wildman–Crippen LogP) is 1.85. The third-order valence-corrected chi connectivity index (χ3v) is 2.43. The smallest absolute Gasteiger partial charge is 0.149 e. The van der Waals surface area contributed by atoms with Gasteiger partial charge in [-0.2, -0.15) is 0 Å². The van der Waals surface area contributed by atoms with Crippen LogP contribution < -0.4 is 0 Å². The second kappa shape index (κ2) is 2.08. The number of carbonyl (C=O) groups is 1. The van der Waals surface area contributed by atoms with Crippen molar-refractivity contribution in [3.8, 4) is 0 Å². The van der Waals surface area contributed by atoms with Crippen molar-refractivity contribution in [2.24, 2.45) is 5.92 Å². The van der Waals surface area contributed by atoms with Crippen LogP contribution in [0.25, 0.3) is 0 Å². The lowest BCUT2D eigenvalue weighted by Gasteiger charge is -2.31. The molecule has 1 saturated carbocycles. The average molecular weight is 134 g/mol. The minimum absolute atomic E-state index is 0.795. The van der Waals surface area contributed by atoms with E-state index in [-0.39, 0.29) is 0 Å². The zero-order chi connectivity index (χ0) is 6.97. The molecule has 0 heterocycles. The van der Waals surface area contributed by atoms with E-state index in [1.54, 1.807) is 0 Å². The summed E-state index contributed by atoms with van der Waals surface area (Å²) in [7, 11) is 0. The van der Waals surface area contributed by atoms with Crippen LogP contribution in [0.4, 0.5) is 0 Å². The fraction of sp³-hybridized carbons (Fsp3) is 0.444. The summed E-state index contributed by atoms with van der Waals surface area (Å²) in [6, 6.07) is 0. The Bertz CT molecular complexity index is 223. The van der Waals surface area contributed by atoms with Gasteiger partial charge in [-0.1, -0.05) is 17.7 Å². The van der Waals surface area contributed by atoms with E-state index in [0.717, 1.165) is 24.2 Å². The lowest BCUT2D eigenvalue weighted by Crippen LogP contribution is -2.17. The number of hydrogen-bond acceptors (Lipinski definition) is 1. The van der Waals surface area contributed by atoms with Crippen molar-refractivity contribution in [3.05, 3.63) is 23.3 Å². The maximum absolute atomic E-state index is 10.3. The molecule has 1 fully saturated rings. The standard InChI is InChI=1S/C9H10O/c10-6-7-1-2-8-3-4-9(8)5-7/h1,5-6,8H,2-4H2. The minimum Gasteiger partial charge on any atom is -0.298 e. The Morgan fingerprint density at radius 1 is 1.60 bits per heavy atom. The summed E-state index contributed by atoms with van der Waals surface area (Å²) >= 11 is 0. The molecule has 1 atom stereocenters. The molecule has 2 aliphatic rings. The van der Waals surface area contributed by atoms with Crippen molar-refractivity contribution in [3.63, 3.8) is 0 Å². The molecule has 0 aromatic rings. The molecule has 0 amide bonds. The van der Waals surface area contributed by atoms with Gasteiger partial charge in [0.15, 0.2) is 0 Å². The molecular formula is C9H10O. The van der Waals surface area contributed by atoms with Gasteiger partial charge in [-0.3, -0.25) is 4.79 Å². The molecule has 1 heteroatoms. The van der Waals surface area contributed by atoms with Crippen molar-refractivity contribution in [1.82, 2.24) is 0 Å². The highest BCUT2D eigenvalue weighted by molar-refractivity contribution is 5.78. The second-order valence-electron chi connectivity index (χ2n) is 3.01. The molecule has 0 saturated heterocycles. The summed E-state index contributed by atoms with van der Waals surface area (Å²) < 4.78 is 0. The molecule has 2 aliphatic carbocycles. The number of allylic oxidation sites excluding steroid dienone is 4. The van der Waals surface area contributed by atoms with E-state index in [1.165, 1.54) is 18.4 Å². The molecule has 0 spiro atoms. The molecule has 52 valence electrons. The number of aldehydes is 1. The minimum atomic E-state index is 0.795. The lowest BCUT2D eigenvalue weighted by molar-refractivity contribution is -0.104. The molecule has 10 heavy (non-hydrogen) atoms. The predicted molar refractivity (Wildman–Crippen MR) is 39.6 cm³/mol. The first-order chi connectivity index (χ1) is 4.90. The molecule has 0 aromatic heterocycles. The molecule has 2 rings (SSSR count). The Morgan fingerprint density at radius 2 is 2.50 bits per heavy atom. The van der Waals surface area contributed by atoms with Crippen LogP contribution in [-0.2, 0) is 4.79 Å². The molecular weight excluding hydrogens is 124 g/mol. The van der Waals surface area contributed by atoms with Gasteiger partial charge in [0.2, 0.25) is 0 Å². The van der Waals surface area contributed by atoms with Crippen LogP contribution in [-0.4, -0.2) is 6.29 Å².